The Morgan fingerprint density at radius 2 is 2.12 bits per heavy atom. The van der Waals surface area contributed by atoms with Crippen molar-refractivity contribution in [1.29, 1.82) is 0 Å². The van der Waals surface area contributed by atoms with Crippen LogP contribution in [-0.4, -0.2) is 17.0 Å². The van der Waals surface area contributed by atoms with Crippen LogP contribution in [0.1, 0.15) is 19.4 Å². The van der Waals surface area contributed by atoms with Crippen molar-refractivity contribution in [2.24, 2.45) is 5.73 Å². The van der Waals surface area contributed by atoms with Crippen LogP contribution in [0.2, 0.25) is 0 Å². The Balaban J connectivity index is 3.14. The summed E-state index contributed by atoms with van der Waals surface area (Å²) in [5, 5.41) is 14.0. The molecule has 3 N–H and O–H groups in total. The Labute approximate surface area is 94.8 Å². The van der Waals surface area contributed by atoms with Crippen molar-refractivity contribution in [1.82, 2.24) is 0 Å². The lowest BCUT2D eigenvalue weighted by Crippen LogP contribution is -2.39. The third-order valence-corrected chi connectivity index (χ3v) is 2.40. The van der Waals surface area contributed by atoms with E-state index in [0.717, 1.165) is 0 Å². The number of benzene rings is 1. The van der Waals surface area contributed by atoms with Crippen LogP contribution >= 0.6 is 0 Å². The predicted molar refractivity (Wildman–Crippen MR) is 64.6 cm³/mol. The van der Waals surface area contributed by atoms with Crippen LogP contribution in [-0.2, 0) is 0 Å². The van der Waals surface area contributed by atoms with E-state index in [-0.39, 0.29) is 16.1 Å². The topological polar surface area (TPSA) is 81.2 Å². The molecule has 1 rings (SSSR count). The Hall–Kier alpha value is -1.62. The number of aryl methyl sites for hydroxylation is 1. The van der Waals surface area contributed by atoms with Gasteiger partial charge in [-0.1, -0.05) is 12.1 Å². The maximum absolute atomic E-state index is 11.0. The van der Waals surface area contributed by atoms with E-state index in [4.69, 9.17) is 5.73 Å². The number of anilines is 1. The smallest absolute Gasteiger partial charge is 0.295 e. The van der Waals surface area contributed by atoms with Gasteiger partial charge in [-0.05, 0) is 26.8 Å². The van der Waals surface area contributed by atoms with E-state index < -0.39 is 0 Å². The molecule has 5 nitrogen and oxygen atoms in total. The number of nitrogens with zero attached hydrogens (tertiary/aromatic N) is 1. The number of nitrogens with two attached hydrogens (primary N) is 1. The molecule has 0 aromatic heterocycles. The predicted octanol–water partition coefficient (Wildman–Crippen LogP) is 2.05. The fraction of sp³-hybridized carbons (Fsp3) is 0.455. The second-order valence-electron chi connectivity index (χ2n) is 4.44. The first-order chi connectivity index (χ1) is 7.37. The van der Waals surface area contributed by atoms with Crippen LogP contribution in [0.15, 0.2) is 18.2 Å². The van der Waals surface area contributed by atoms with Gasteiger partial charge in [0.15, 0.2) is 0 Å². The molecular formula is C11H17N3O2. The summed E-state index contributed by atoms with van der Waals surface area (Å²) in [7, 11) is 0. The molecule has 0 amide bonds. The molecule has 0 radical (unpaired) electrons. The van der Waals surface area contributed by atoms with Crippen LogP contribution < -0.4 is 11.1 Å². The van der Waals surface area contributed by atoms with E-state index >= 15 is 0 Å². The molecule has 0 heterocycles. The van der Waals surface area contributed by atoms with Gasteiger partial charge in [-0.3, -0.25) is 10.1 Å². The lowest BCUT2D eigenvalue weighted by Gasteiger charge is -2.25. The Morgan fingerprint density at radius 1 is 1.50 bits per heavy atom. The van der Waals surface area contributed by atoms with Gasteiger partial charge in [-0.15, -0.1) is 0 Å². The van der Waals surface area contributed by atoms with E-state index in [9.17, 15) is 10.1 Å². The molecule has 88 valence electrons. The maximum atomic E-state index is 11.0. The minimum atomic E-state index is -0.371. The summed E-state index contributed by atoms with van der Waals surface area (Å²) in [6.45, 7) is 5.93. The molecule has 16 heavy (non-hydrogen) atoms. The summed E-state index contributed by atoms with van der Waals surface area (Å²) < 4.78 is 0. The minimum Gasteiger partial charge on any atom is -0.373 e. The van der Waals surface area contributed by atoms with Crippen LogP contribution in [0, 0.1) is 17.0 Å². The van der Waals surface area contributed by atoms with Crippen molar-refractivity contribution in [3.8, 4) is 0 Å². The van der Waals surface area contributed by atoms with E-state index in [1.807, 2.05) is 13.8 Å². The first kappa shape index (κ1) is 12.4. The second kappa shape index (κ2) is 4.49. The van der Waals surface area contributed by atoms with Gasteiger partial charge in [0, 0.05) is 17.6 Å². The highest BCUT2D eigenvalue weighted by molar-refractivity contribution is 5.65. The molecule has 0 aliphatic rings. The lowest BCUT2D eigenvalue weighted by molar-refractivity contribution is -0.384. The van der Waals surface area contributed by atoms with E-state index in [1.54, 1.807) is 25.1 Å². The van der Waals surface area contributed by atoms with Gasteiger partial charge in [0.1, 0.15) is 5.69 Å². The van der Waals surface area contributed by atoms with Gasteiger partial charge in [-0.2, -0.15) is 0 Å². The van der Waals surface area contributed by atoms with Crippen LogP contribution in [0.25, 0.3) is 0 Å². The molecule has 0 fully saturated rings. The van der Waals surface area contributed by atoms with Gasteiger partial charge < -0.3 is 11.1 Å². The van der Waals surface area contributed by atoms with Gasteiger partial charge >= 0.3 is 0 Å². The third kappa shape index (κ3) is 2.70. The fourth-order valence-electron chi connectivity index (χ4n) is 1.42. The summed E-state index contributed by atoms with van der Waals surface area (Å²) >= 11 is 0. The van der Waals surface area contributed by atoms with Gasteiger partial charge in [0.2, 0.25) is 0 Å². The SMILES string of the molecule is Cc1cccc(NC(C)(C)CN)c1[N+](=O)[O-]. The van der Waals surface area contributed by atoms with Crippen LogP contribution in [0.3, 0.4) is 0 Å². The first-order valence-corrected chi connectivity index (χ1v) is 5.09. The van der Waals surface area contributed by atoms with Crippen molar-refractivity contribution in [3.63, 3.8) is 0 Å². The largest absolute Gasteiger partial charge is 0.373 e. The average molecular weight is 223 g/mol. The molecule has 0 unspecified atom stereocenters. The normalized spacial score (nSPS) is 11.2. The number of para-hydroxylation sites is 1. The summed E-state index contributed by atoms with van der Waals surface area (Å²) in [6.07, 6.45) is 0. The van der Waals surface area contributed by atoms with E-state index in [1.165, 1.54) is 0 Å². The molecule has 0 aliphatic heterocycles. The zero-order chi connectivity index (χ0) is 12.3. The molecule has 0 bridgehead atoms. The molecule has 0 saturated heterocycles. The summed E-state index contributed by atoms with van der Waals surface area (Å²) in [4.78, 5) is 10.6. The standard InChI is InChI=1S/C11H17N3O2/c1-8-5-4-6-9(10(8)14(15)16)13-11(2,3)7-12/h4-6,13H,7,12H2,1-3H3. The molecule has 0 atom stereocenters. The van der Waals surface area contributed by atoms with Crippen LogP contribution in [0.4, 0.5) is 11.4 Å². The van der Waals surface area contributed by atoms with Gasteiger partial charge in [0.25, 0.3) is 5.69 Å². The number of nitro groups is 1. The highest BCUT2D eigenvalue weighted by Crippen LogP contribution is 2.29. The molecule has 0 aliphatic carbocycles. The molecule has 1 aromatic rings. The first-order valence-electron chi connectivity index (χ1n) is 5.09. The number of hydrogen-bond donors (Lipinski definition) is 2. The average Bonchev–Trinajstić information content (AvgIpc) is 2.16. The number of nitrogens with one attached hydrogen (secondary N) is 1. The number of rotatable bonds is 4. The molecule has 5 heteroatoms. The monoisotopic (exact) mass is 223 g/mol. The fourth-order valence-corrected chi connectivity index (χ4v) is 1.42. The summed E-state index contributed by atoms with van der Waals surface area (Å²) in [5.41, 5.74) is 6.49. The van der Waals surface area contributed by atoms with Crippen molar-refractivity contribution >= 4 is 11.4 Å². The van der Waals surface area contributed by atoms with Crippen molar-refractivity contribution < 1.29 is 4.92 Å². The Kier molecular flexibility index (Phi) is 3.49. The van der Waals surface area contributed by atoms with E-state index in [0.29, 0.717) is 17.8 Å². The van der Waals surface area contributed by atoms with Crippen molar-refractivity contribution in [2.45, 2.75) is 26.3 Å². The van der Waals surface area contributed by atoms with Gasteiger partial charge in [0.05, 0.1) is 4.92 Å². The number of nitro benzene ring substituents is 1. The summed E-state index contributed by atoms with van der Waals surface area (Å²) in [6, 6.07) is 5.21. The Bertz CT molecular complexity index is 402. The third-order valence-electron chi connectivity index (χ3n) is 2.40. The Morgan fingerprint density at radius 3 is 2.62 bits per heavy atom. The summed E-state index contributed by atoms with van der Waals surface area (Å²) in [5.74, 6) is 0. The molecular weight excluding hydrogens is 206 g/mol. The second-order valence-corrected chi connectivity index (χ2v) is 4.44. The molecule has 0 saturated carbocycles. The lowest BCUT2D eigenvalue weighted by atomic mass is 10.0. The van der Waals surface area contributed by atoms with Crippen molar-refractivity contribution in [2.75, 3.05) is 11.9 Å². The van der Waals surface area contributed by atoms with Gasteiger partial charge in [-0.25, -0.2) is 0 Å². The minimum absolute atomic E-state index is 0.115. The maximum Gasteiger partial charge on any atom is 0.295 e. The van der Waals surface area contributed by atoms with E-state index in [2.05, 4.69) is 5.32 Å². The van der Waals surface area contributed by atoms with Crippen LogP contribution in [0.5, 0.6) is 0 Å². The highest BCUT2D eigenvalue weighted by Gasteiger charge is 2.22. The number of hydrogen-bond acceptors (Lipinski definition) is 4. The molecule has 0 spiro atoms. The zero-order valence-corrected chi connectivity index (χ0v) is 9.78. The molecule has 1 aromatic carbocycles. The highest BCUT2D eigenvalue weighted by atomic mass is 16.6. The zero-order valence-electron chi connectivity index (χ0n) is 9.78. The van der Waals surface area contributed by atoms with Crippen molar-refractivity contribution in [3.05, 3.63) is 33.9 Å². The quantitative estimate of drug-likeness (QED) is 0.604.